The van der Waals surface area contributed by atoms with Crippen molar-refractivity contribution < 1.29 is 0 Å². The van der Waals surface area contributed by atoms with Crippen LogP contribution < -0.4 is 0 Å². The van der Waals surface area contributed by atoms with Gasteiger partial charge in [-0.1, -0.05) is 39.1 Å². The summed E-state index contributed by atoms with van der Waals surface area (Å²) < 4.78 is 1.72. The summed E-state index contributed by atoms with van der Waals surface area (Å²) in [5, 5.41) is 2.08. The third-order valence-electron chi connectivity index (χ3n) is 1.81. The van der Waals surface area contributed by atoms with Gasteiger partial charge in [-0.15, -0.1) is 0 Å². The highest BCUT2D eigenvalue weighted by Crippen LogP contribution is 2.37. The lowest BCUT2D eigenvalue weighted by atomic mass is 10.2. The van der Waals surface area contributed by atoms with Gasteiger partial charge in [0.1, 0.15) is 0 Å². The van der Waals surface area contributed by atoms with Crippen LogP contribution in [0.5, 0.6) is 0 Å². The van der Waals surface area contributed by atoms with Crippen molar-refractivity contribution in [3.63, 3.8) is 0 Å². The lowest BCUT2D eigenvalue weighted by Crippen LogP contribution is -1.84. The zero-order valence-corrected chi connectivity index (χ0v) is 11.4. The van der Waals surface area contributed by atoms with Crippen molar-refractivity contribution in [2.45, 2.75) is 0 Å². The van der Waals surface area contributed by atoms with Crippen molar-refractivity contribution in [3.8, 4) is 0 Å². The summed E-state index contributed by atoms with van der Waals surface area (Å²) in [6.45, 7) is 0. The summed E-state index contributed by atoms with van der Waals surface area (Å²) >= 11 is 18.8. The molecule has 0 amide bonds. The zero-order chi connectivity index (χ0) is 10.3. The summed E-state index contributed by atoms with van der Waals surface area (Å²) in [6.07, 6.45) is 1.58. The minimum absolute atomic E-state index is 0.570. The van der Waals surface area contributed by atoms with Crippen molar-refractivity contribution in [2.24, 2.45) is 0 Å². The Bertz CT molecular complexity index is 514. The highest BCUT2D eigenvalue weighted by molar-refractivity contribution is 9.11. The van der Waals surface area contributed by atoms with Gasteiger partial charge in [0.2, 0.25) is 0 Å². The lowest BCUT2D eigenvalue weighted by molar-refractivity contribution is 1.40. The summed E-state index contributed by atoms with van der Waals surface area (Å²) in [4.78, 5) is 4.18. The topological polar surface area (TPSA) is 12.9 Å². The Labute approximate surface area is 108 Å². The lowest BCUT2D eigenvalue weighted by Gasteiger charge is -2.05. The van der Waals surface area contributed by atoms with E-state index in [1.807, 2.05) is 6.07 Å². The summed E-state index contributed by atoms with van der Waals surface area (Å²) in [5.41, 5.74) is 0.734. The maximum atomic E-state index is 6.01. The first-order valence-electron chi connectivity index (χ1n) is 3.69. The third kappa shape index (κ3) is 1.67. The molecule has 2 rings (SSSR count). The van der Waals surface area contributed by atoms with Crippen molar-refractivity contribution in [2.75, 3.05) is 0 Å². The maximum Gasteiger partial charge on any atom is 0.0911 e. The number of aromatic nitrogens is 1. The highest BCUT2D eigenvalue weighted by atomic mass is 79.9. The van der Waals surface area contributed by atoms with E-state index in [4.69, 9.17) is 23.2 Å². The molecule has 1 aromatic carbocycles. The Balaban J connectivity index is 3.01. The molecule has 1 heterocycles. The molecule has 0 unspecified atom stereocenters. The van der Waals surface area contributed by atoms with E-state index in [1.165, 1.54) is 0 Å². The Morgan fingerprint density at radius 1 is 1.07 bits per heavy atom. The minimum Gasteiger partial charge on any atom is -0.253 e. The minimum atomic E-state index is 0.570. The quantitative estimate of drug-likeness (QED) is 0.643. The second kappa shape index (κ2) is 3.97. The van der Waals surface area contributed by atoms with Crippen LogP contribution in [0.3, 0.4) is 0 Å². The number of pyridine rings is 1. The molecule has 1 nitrogen and oxygen atoms in total. The molecule has 5 heteroatoms. The largest absolute Gasteiger partial charge is 0.253 e. The SMILES string of the molecule is Clc1cnc2c(Cl)ccc(Br)c2c1Br. The predicted molar refractivity (Wildman–Crippen MR) is 67.2 cm³/mol. The van der Waals surface area contributed by atoms with E-state index in [9.17, 15) is 0 Å². The van der Waals surface area contributed by atoms with Gasteiger partial charge in [-0.25, -0.2) is 0 Å². The standard InChI is InChI=1S/C9H3Br2Cl2N/c10-4-1-2-5(12)9-7(4)8(11)6(13)3-14-9/h1-3H. The van der Waals surface area contributed by atoms with Gasteiger partial charge in [0.05, 0.1) is 15.6 Å². The monoisotopic (exact) mass is 353 g/mol. The van der Waals surface area contributed by atoms with Gasteiger partial charge < -0.3 is 0 Å². The van der Waals surface area contributed by atoms with Crippen LogP contribution in [0.2, 0.25) is 10.0 Å². The summed E-state index contributed by atoms with van der Waals surface area (Å²) in [7, 11) is 0. The number of fused-ring (bicyclic) bond motifs is 1. The van der Waals surface area contributed by atoms with Crippen LogP contribution in [-0.2, 0) is 0 Å². The summed E-state index contributed by atoms with van der Waals surface area (Å²) in [5.74, 6) is 0. The molecule has 0 aliphatic heterocycles. The average molecular weight is 356 g/mol. The molecular formula is C9H3Br2Cl2N. The number of halogens is 4. The molecule has 14 heavy (non-hydrogen) atoms. The van der Waals surface area contributed by atoms with Gasteiger partial charge in [0.25, 0.3) is 0 Å². The zero-order valence-electron chi connectivity index (χ0n) is 6.69. The van der Waals surface area contributed by atoms with Crippen LogP contribution in [0.25, 0.3) is 10.9 Å². The molecule has 2 aromatic rings. The molecule has 0 aliphatic carbocycles. The smallest absolute Gasteiger partial charge is 0.0911 e. The Hall–Kier alpha value is 0.170. The average Bonchev–Trinajstić information content (AvgIpc) is 2.16. The van der Waals surface area contributed by atoms with Crippen molar-refractivity contribution in [1.29, 1.82) is 0 Å². The molecule has 0 radical (unpaired) electrons. The van der Waals surface area contributed by atoms with Crippen molar-refractivity contribution in [3.05, 3.63) is 37.3 Å². The number of hydrogen-bond donors (Lipinski definition) is 0. The van der Waals surface area contributed by atoms with Gasteiger partial charge in [-0.3, -0.25) is 4.98 Å². The van der Waals surface area contributed by atoms with Crippen LogP contribution in [0.15, 0.2) is 27.3 Å². The number of benzene rings is 1. The van der Waals surface area contributed by atoms with E-state index in [1.54, 1.807) is 12.3 Å². The molecular weight excluding hydrogens is 353 g/mol. The van der Waals surface area contributed by atoms with Crippen LogP contribution in [0.4, 0.5) is 0 Å². The molecule has 0 fully saturated rings. The molecule has 1 aromatic heterocycles. The fourth-order valence-electron chi connectivity index (χ4n) is 1.17. The van der Waals surface area contributed by atoms with E-state index < -0.39 is 0 Å². The van der Waals surface area contributed by atoms with Crippen molar-refractivity contribution in [1.82, 2.24) is 4.98 Å². The van der Waals surface area contributed by atoms with Gasteiger partial charge in [0.15, 0.2) is 0 Å². The Morgan fingerprint density at radius 2 is 1.79 bits per heavy atom. The van der Waals surface area contributed by atoms with Crippen LogP contribution >= 0.6 is 55.1 Å². The molecule has 0 aliphatic rings. The van der Waals surface area contributed by atoms with Gasteiger partial charge >= 0.3 is 0 Å². The van der Waals surface area contributed by atoms with E-state index in [0.29, 0.717) is 10.0 Å². The van der Waals surface area contributed by atoms with E-state index >= 15 is 0 Å². The molecule has 0 bridgehead atoms. The normalized spacial score (nSPS) is 10.9. The van der Waals surface area contributed by atoms with E-state index in [2.05, 4.69) is 36.8 Å². The van der Waals surface area contributed by atoms with Crippen LogP contribution in [-0.4, -0.2) is 4.98 Å². The summed E-state index contributed by atoms with van der Waals surface area (Å²) in [6, 6.07) is 3.66. The van der Waals surface area contributed by atoms with Gasteiger partial charge in [-0.05, 0) is 28.1 Å². The van der Waals surface area contributed by atoms with Gasteiger partial charge in [-0.2, -0.15) is 0 Å². The molecule has 0 saturated carbocycles. The fourth-order valence-corrected chi connectivity index (χ4v) is 2.81. The molecule has 0 saturated heterocycles. The third-order valence-corrected chi connectivity index (χ3v) is 4.12. The van der Waals surface area contributed by atoms with E-state index in [-0.39, 0.29) is 0 Å². The molecule has 0 spiro atoms. The predicted octanol–water partition coefficient (Wildman–Crippen LogP) is 5.07. The Morgan fingerprint density at radius 3 is 2.50 bits per heavy atom. The molecule has 0 atom stereocenters. The van der Waals surface area contributed by atoms with Crippen LogP contribution in [0, 0.1) is 0 Å². The first-order chi connectivity index (χ1) is 6.61. The van der Waals surface area contributed by atoms with Crippen molar-refractivity contribution >= 4 is 66.0 Å². The van der Waals surface area contributed by atoms with E-state index in [0.717, 1.165) is 19.8 Å². The maximum absolute atomic E-state index is 6.01. The molecule has 72 valence electrons. The Kier molecular flexibility index (Phi) is 3.03. The second-order valence-corrected chi connectivity index (χ2v) is 5.13. The first-order valence-corrected chi connectivity index (χ1v) is 6.03. The fraction of sp³-hybridized carbons (Fsp3) is 0. The molecule has 0 N–H and O–H groups in total. The number of rotatable bonds is 0. The number of nitrogens with zero attached hydrogens (tertiary/aromatic N) is 1. The van der Waals surface area contributed by atoms with Gasteiger partial charge in [0, 0.05) is 20.5 Å². The second-order valence-electron chi connectivity index (χ2n) is 2.67. The highest BCUT2D eigenvalue weighted by Gasteiger charge is 2.10. The van der Waals surface area contributed by atoms with Crippen LogP contribution in [0.1, 0.15) is 0 Å². The first kappa shape index (κ1) is 10.7. The number of hydrogen-bond acceptors (Lipinski definition) is 1.